The molecule has 2 N–H and O–H groups in total. The molecule has 1 saturated heterocycles. The topological polar surface area (TPSA) is 50.4 Å². The number of anilines is 1. The lowest BCUT2D eigenvalue weighted by Crippen LogP contribution is -2.34. The minimum Gasteiger partial charge on any atom is -0.489 e. The maximum atomic E-state index is 13.5. The average molecular weight is 328 g/mol. The predicted octanol–water partition coefficient (Wildman–Crippen LogP) is 3.34. The van der Waals surface area contributed by atoms with Crippen LogP contribution in [0.3, 0.4) is 0 Å². The molecule has 3 rings (SSSR count). The zero-order valence-corrected chi connectivity index (χ0v) is 13.4. The number of benzene rings is 2. The zero-order chi connectivity index (χ0) is 16.8. The van der Waals surface area contributed by atoms with Gasteiger partial charge in [0, 0.05) is 17.2 Å². The highest BCUT2D eigenvalue weighted by atomic mass is 19.1. The van der Waals surface area contributed by atoms with Gasteiger partial charge in [-0.2, -0.15) is 0 Å². The molecule has 0 atom stereocenters. The molecule has 4 nitrogen and oxygen atoms in total. The number of amides is 1. The Morgan fingerprint density at radius 2 is 1.83 bits per heavy atom. The Morgan fingerprint density at radius 1 is 1.12 bits per heavy atom. The maximum absolute atomic E-state index is 13.5. The third kappa shape index (κ3) is 4.32. The van der Waals surface area contributed by atoms with Crippen molar-refractivity contribution in [1.29, 1.82) is 0 Å². The van der Waals surface area contributed by atoms with Gasteiger partial charge in [-0.05, 0) is 56.3 Å². The highest BCUT2D eigenvalue weighted by molar-refractivity contribution is 5.92. The van der Waals surface area contributed by atoms with E-state index < -0.39 is 0 Å². The van der Waals surface area contributed by atoms with Crippen LogP contribution in [0.2, 0.25) is 0 Å². The smallest absolute Gasteiger partial charge is 0.227 e. The van der Waals surface area contributed by atoms with Crippen LogP contribution in [0.1, 0.15) is 18.4 Å². The molecule has 0 saturated carbocycles. The summed E-state index contributed by atoms with van der Waals surface area (Å²) in [5.74, 6) is 0.501. The van der Waals surface area contributed by atoms with E-state index in [0.29, 0.717) is 11.3 Å². The second kappa shape index (κ2) is 7.93. The molecular weight excluding hydrogens is 307 g/mol. The molecule has 1 aliphatic rings. The van der Waals surface area contributed by atoms with Crippen molar-refractivity contribution in [1.82, 2.24) is 5.32 Å². The van der Waals surface area contributed by atoms with E-state index in [1.54, 1.807) is 42.5 Å². The highest BCUT2D eigenvalue weighted by Crippen LogP contribution is 2.20. The third-order valence-corrected chi connectivity index (χ3v) is 4.18. The molecule has 0 unspecified atom stereocenters. The Morgan fingerprint density at radius 3 is 2.54 bits per heavy atom. The Hall–Kier alpha value is -2.40. The fourth-order valence-electron chi connectivity index (χ4n) is 2.74. The van der Waals surface area contributed by atoms with Gasteiger partial charge in [0.15, 0.2) is 0 Å². The van der Waals surface area contributed by atoms with E-state index in [4.69, 9.17) is 4.74 Å². The molecule has 2 aromatic rings. The molecule has 126 valence electrons. The van der Waals surface area contributed by atoms with Crippen LogP contribution in [-0.2, 0) is 11.4 Å². The number of piperidine rings is 1. The van der Waals surface area contributed by atoms with Gasteiger partial charge in [-0.15, -0.1) is 0 Å². The van der Waals surface area contributed by atoms with Crippen LogP contribution in [0.4, 0.5) is 10.1 Å². The molecular formula is C19H21FN2O2. The first-order valence-electron chi connectivity index (χ1n) is 8.20. The number of carbonyl (C=O) groups excluding carboxylic acids is 1. The lowest BCUT2D eigenvalue weighted by atomic mass is 9.97. The molecule has 1 fully saturated rings. The molecule has 1 aliphatic heterocycles. The van der Waals surface area contributed by atoms with Gasteiger partial charge in [0.05, 0.1) is 0 Å². The quantitative estimate of drug-likeness (QED) is 0.885. The first-order chi connectivity index (χ1) is 11.7. The summed E-state index contributed by atoms with van der Waals surface area (Å²) in [5, 5.41) is 6.19. The fourth-order valence-corrected chi connectivity index (χ4v) is 2.74. The Bertz CT molecular complexity index is 682. The number of halogens is 1. The first kappa shape index (κ1) is 16.5. The van der Waals surface area contributed by atoms with Crippen LogP contribution >= 0.6 is 0 Å². The molecule has 5 heteroatoms. The lowest BCUT2D eigenvalue weighted by Gasteiger charge is -2.21. The summed E-state index contributed by atoms with van der Waals surface area (Å²) in [7, 11) is 0. The van der Waals surface area contributed by atoms with Crippen LogP contribution in [-0.4, -0.2) is 19.0 Å². The van der Waals surface area contributed by atoms with Crippen molar-refractivity contribution in [3.63, 3.8) is 0 Å². The molecule has 24 heavy (non-hydrogen) atoms. The minimum atomic E-state index is -0.275. The zero-order valence-electron chi connectivity index (χ0n) is 13.4. The van der Waals surface area contributed by atoms with Crippen LogP contribution in [0, 0.1) is 11.7 Å². The van der Waals surface area contributed by atoms with E-state index in [2.05, 4.69) is 10.6 Å². The number of rotatable bonds is 5. The van der Waals surface area contributed by atoms with Crippen molar-refractivity contribution < 1.29 is 13.9 Å². The van der Waals surface area contributed by atoms with Crippen LogP contribution in [0.15, 0.2) is 48.5 Å². The van der Waals surface area contributed by atoms with Gasteiger partial charge < -0.3 is 15.4 Å². The molecule has 0 aliphatic carbocycles. The van der Waals surface area contributed by atoms with E-state index in [1.165, 1.54) is 6.07 Å². The standard InChI is InChI=1S/C19H21FN2O2/c20-18-4-2-1-3-15(18)13-24-17-7-5-16(6-8-17)22-19(23)14-9-11-21-12-10-14/h1-8,14,21H,9-13H2,(H,22,23). The van der Waals surface area contributed by atoms with Crippen molar-refractivity contribution in [3.05, 3.63) is 59.9 Å². The lowest BCUT2D eigenvalue weighted by molar-refractivity contribution is -0.120. The predicted molar refractivity (Wildman–Crippen MR) is 91.4 cm³/mol. The largest absolute Gasteiger partial charge is 0.489 e. The number of hydrogen-bond acceptors (Lipinski definition) is 3. The van der Waals surface area contributed by atoms with Gasteiger partial charge in [-0.25, -0.2) is 4.39 Å². The monoisotopic (exact) mass is 328 g/mol. The summed E-state index contributed by atoms with van der Waals surface area (Å²) in [5.41, 5.74) is 1.26. The summed E-state index contributed by atoms with van der Waals surface area (Å²) in [6, 6.07) is 13.7. The van der Waals surface area contributed by atoms with Crippen molar-refractivity contribution in [3.8, 4) is 5.75 Å². The van der Waals surface area contributed by atoms with Crippen molar-refractivity contribution in [2.75, 3.05) is 18.4 Å². The normalized spacial score (nSPS) is 15.0. The van der Waals surface area contributed by atoms with Gasteiger partial charge in [-0.3, -0.25) is 4.79 Å². The summed E-state index contributed by atoms with van der Waals surface area (Å²) < 4.78 is 19.1. The molecule has 0 radical (unpaired) electrons. The van der Waals surface area contributed by atoms with Crippen molar-refractivity contribution >= 4 is 11.6 Å². The summed E-state index contributed by atoms with van der Waals surface area (Å²) in [4.78, 5) is 12.2. The minimum absolute atomic E-state index is 0.0662. The maximum Gasteiger partial charge on any atom is 0.227 e. The van der Waals surface area contributed by atoms with E-state index >= 15 is 0 Å². The SMILES string of the molecule is O=C(Nc1ccc(OCc2ccccc2F)cc1)C1CCNCC1. The molecule has 0 spiro atoms. The second-order valence-electron chi connectivity index (χ2n) is 5.92. The van der Waals surface area contributed by atoms with Gasteiger partial charge in [0.1, 0.15) is 18.2 Å². The number of ether oxygens (including phenoxy) is 1. The Balaban J connectivity index is 1.53. The number of hydrogen-bond donors (Lipinski definition) is 2. The number of nitrogens with one attached hydrogen (secondary N) is 2. The van der Waals surface area contributed by atoms with Crippen molar-refractivity contribution in [2.24, 2.45) is 5.92 Å². The van der Waals surface area contributed by atoms with Crippen LogP contribution < -0.4 is 15.4 Å². The fraction of sp³-hybridized carbons (Fsp3) is 0.316. The summed E-state index contributed by atoms with van der Waals surface area (Å²) in [6.07, 6.45) is 1.74. The van der Waals surface area contributed by atoms with E-state index in [0.717, 1.165) is 31.6 Å². The van der Waals surface area contributed by atoms with Crippen LogP contribution in [0.25, 0.3) is 0 Å². The molecule has 0 aromatic heterocycles. The van der Waals surface area contributed by atoms with Crippen molar-refractivity contribution in [2.45, 2.75) is 19.4 Å². The molecule has 1 amide bonds. The first-order valence-corrected chi connectivity index (χ1v) is 8.20. The summed E-state index contributed by atoms with van der Waals surface area (Å²) >= 11 is 0. The van der Waals surface area contributed by atoms with E-state index in [1.807, 2.05) is 0 Å². The van der Waals surface area contributed by atoms with Crippen LogP contribution in [0.5, 0.6) is 5.75 Å². The van der Waals surface area contributed by atoms with Gasteiger partial charge in [-0.1, -0.05) is 18.2 Å². The number of carbonyl (C=O) groups is 1. The van der Waals surface area contributed by atoms with Gasteiger partial charge in [0.2, 0.25) is 5.91 Å². The van der Waals surface area contributed by atoms with E-state index in [-0.39, 0.29) is 24.2 Å². The molecule has 0 bridgehead atoms. The van der Waals surface area contributed by atoms with Gasteiger partial charge >= 0.3 is 0 Å². The summed E-state index contributed by atoms with van der Waals surface area (Å²) in [6.45, 7) is 1.95. The van der Waals surface area contributed by atoms with E-state index in [9.17, 15) is 9.18 Å². The second-order valence-corrected chi connectivity index (χ2v) is 5.92. The Kier molecular flexibility index (Phi) is 5.43. The third-order valence-electron chi connectivity index (χ3n) is 4.18. The molecule has 1 heterocycles. The Labute approximate surface area is 141 Å². The highest BCUT2D eigenvalue weighted by Gasteiger charge is 2.20. The molecule has 2 aromatic carbocycles. The van der Waals surface area contributed by atoms with Gasteiger partial charge in [0.25, 0.3) is 0 Å². The average Bonchev–Trinajstić information content (AvgIpc) is 2.63.